The lowest BCUT2D eigenvalue weighted by Gasteiger charge is -2.12. The van der Waals surface area contributed by atoms with Gasteiger partial charge in [0.05, 0.1) is 17.5 Å². The number of aryl methyl sites for hydroxylation is 2. The van der Waals surface area contributed by atoms with E-state index in [1.807, 2.05) is 20.2 Å². The fourth-order valence-corrected chi connectivity index (χ4v) is 4.29. The van der Waals surface area contributed by atoms with Crippen molar-refractivity contribution in [3.63, 3.8) is 0 Å². The minimum Gasteiger partial charge on any atom is -0.389 e. The molecule has 0 unspecified atom stereocenters. The first-order valence-corrected chi connectivity index (χ1v) is 10.3. The molecule has 148 valence electrons. The number of aromatic nitrogens is 4. The molecule has 0 amide bonds. The predicted octanol–water partition coefficient (Wildman–Crippen LogP) is 4.55. The van der Waals surface area contributed by atoms with E-state index in [2.05, 4.69) is 25.7 Å². The molecule has 7 heteroatoms. The van der Waals surface area contributed by atoms with Crippen molar-refractivity contribution < 1.29 is 9.50 Å². The first kappa shape index (κ1) is 19.3. The molecule has 1 fully saturated rings. The summed E-state index contributed by atoms with van der Waals surface area (Å²) in [5.41, 5.74) is 5.21. The van der Waals surface area contributed by atoms with Gasteiger partial charge in [-0.2, -0.15) is 10.2 Å². The van der Waals surface area contributed by atoms with Crippen molar-refractivity contribution in [1.29, 1.82) is 0 Å². The highest BCUT2D eigenvalue weighted by Gasteiger charge is 2.25. The van der Waals surface area contributed by atoms with Gasteiger partial charge >= 0.3 is 0 Å². The van der Waals surface area contributed by atoms with Crippen LogP contribution in [-0.2, 0) is 20.0 Å². The van der Waals surface area contributed by atoms with Crippen LogP contribution in [0, 0.1) is 18.7 Å². The highest BCUT2D eigenvalue weighted by molar-refractivity contribution is 9.10. The molecule has 1 atom stereocenters. The minimum absolute atomic E-state index is 0.364. The number of aliphatic hydroxyl groups is 1. The number of benzene rings is 1. The SMILES string of the molecule is Cc1nn(CC2CC2)c(Br)c1Cc1cn(C)nc1-c1ccc(F)cc1[C@@H](C)O. The molecule has 3 aromatic rings. The predicted molar refractivity (Wildman–Crippen MR) is 109 cm³/mol. The average molecular weight is 447 g/mol. The van der Waals surface area contributed by atoms with Crippen LogP contribution in [0.5, 0.6) is 0 Å². The van der Waals surface area contributed by atoms with E-state index in [1.165, 1.54) is 25.0 Å². The molecule has 1 aliphatic carbocycles. The van der Waals surface area contributed by atoms with Crippen LogP contribution >= 0.6 is 15.9 Å². The third-order valence-electron chi connectivity index (χ3n) is 5.30. The molecule has 0 radical (unpaired) electrons. The van der Waals surface area contributed by atoms with Gasteiger partial charge in [-0.15, -0.1) is 0 Å². The Kier molecular flexibility index (Phi) is 5.14. The van der Waals surface area contributed by atoms with Gasteiger partial charge in [-0.1, -0.05) is 0 Å². The number of nitrogens with zero attached hydrogens (tertiary/aromatic N) is 4. The fourth-order valence-electron chi connectivity index (χ4n) is 3.64. The van der Waals surface area contributed by atoms with E-state index >= 15 is 0 Å². The standard InChI is InChI=1S/C21H24BrFN4O/c1-12-18(21(22)27(24-12)10-14-4-5-14)8-15-11-26(3)25-20(15)17-7-6-16(23)9-19(17)13(2)28/h6-7,9,11,13-14,28H,4-5,8,10H2,1-3H3/t13-/m1/s1. The van der Waals surface area contributed by atoms with E-state index < -0.39 is 6.10 Å². The molecule has 1 aliphatic rings. The second-order valence-corrected chi connectivity index (χ2v) is 8.49. The van der Waals surface area contributed by atoms with Gasteiger partial charge in [0.2, 0.25) is 0 Å². The van der Waals surface area contributed by atoms with E-state index in [0.29, 0.717) is 12.0 Å². The molecule has 1 N–H and O–H groups in total. The third kappa shape index (κ3) is 3.78. The van der Waals surface area contributed by atoms with Crippen molar-refractivity contribution in [3.8, 4) is 11.3 Å². The Balaban J connectivity index is 1.73. The summed E-state index contributed by atoms with van der Waals surface area (Å²) in [6, 6.07) is 4.49. The van der Waals surface area contributed by atoms with E-state index in [-0.39, 0.29) is 5.82 Å². The molecular formula is C21H24BrFN4O. The summed E-state index contributed by atoms with van der Waals surface area (Å²) in [4.78, 5) is 0. The Morgan fingerprint density at radius 1 is 1.32 bits per heavy atom. The van der Waals surface area contributed by atoms with Crippen LogP contribution in [0.1, 0.15) is 48.3 Å². The third-order valence-corrected chi connectivity index (χ3v) is 6.19. The molecule has 0 aliphatic heterocycles. The topological polar surface area (TPSA) is 55.9 Å². The molecule has 0 spiro atoms. The van der Waals surface area contributed by atoms with Crippen molar-refractivity contribution in [2.24, 2.45) is 13.0 Å². The highest BCUT2D eigenvalue weighted by atomic mass is 79.9. The number of aliphatic hydroxyl groups excluding tert-OH is 1. The molecule has 1 saturated carbocycles. The monoisotopic (exact) mass is 446 g/mol. The van der Waals surface area contributed by atoms with E-state index in [1.54, 1.807) is 17.7 Å². The summed E-state index contributed by atoms with van der Waals surface area (Å²) >= 11 is 3.73. The Morgan fingerprint density at radius 3 is 2.75 bits per heavy atom. The molecule has 4 rings (SSSR count). The van der Waals surface area contributed by atoms with Gasteiger partial charge in [0.15, 0.2) is 0 Å². The van der Waals surface area contributed by atoms with Gasteiger partial charge in [-0.05, 0) is 72.3 Å². The minimum atomic E-state index is -0.782. The van der Waals surface area contributed by atoms with Crippen LogP contribution in [0.2, 0.25) is 0 Å². The van der Waals surface area contributed by atoms with Crippen molar-refractivity contribution in [2.75, 3.05) is 0 Å². The zero-order valence-corrected chi connectivity index (χ0v) is 17.9. The largest absolute Gasteiger partial charge is 0.389 e. The lowest BCUT2D eigenvalue weighted by Crippen LogP contribution is -2.02. The smallest absolute Gasteiger partial charge is 0.123 e. The lowest BCUT2D eigenvalue weighted by molar-refractivity contribution is 0.199. The zero-order chi connectivity index (χ0) is 20.0. The van der Waals surface area contributed by atoms with Crippen LogP contribution < -0.4 is 0 Å². The van der Waals surface area contributed by atoms with Crippen LogP contribution in [0.3, 0.4) is 0 Å². The van der Waals surface area contributed by atoms with Gasteiger partial charge in [-0.25, -0.2) is 4.39 Å². The van der Waals surface area contributed by atoms with Gasteiger partial charge in [0.25, 0.3) is 0 Å². The first-order chi connectivity index (χ1) is 13.3. The Hall–Kier alpha value is -1.99. The van der Waals surface area contributed by atoms with Gasteiger partial charge in [0, 0.05) is 42.9 Å². The maximum atomic E-state index is 13.7. The normalized spacial score (nSPS) is 15.2. The van der Waals surface area contributed by atoms with E-state index in [9.17, 15) is 9.50 Å². The van der Waals surface area contributed by atoms with E-state index in [0.717, 1.165) is 45.1 Å². The van der Waals surface area contributed by atoms with Gasteiger partial charge in [-0.3, -0.25) is 9.36 Å². The summed E-state index contributed by atoms with van der Waals surface area (Å²) in [5.74, 6) is 0.377. The number of rotatable bonds is 6. The van der Waals surface area contributed by atoms with Crippen LogP contribution in [0.25, 0.3) is 11.3 Å². The van der Waals surface area contributed by atoms with E-state index in [4.69, 9.17) is 5.10 Å². The van der Waals surface area contributed by atoms with Crippen molar-refractivity contribution in [3.05, 3.63) is 57.2 Å². The van der Waals surface area contributed by atoms with Crippen LogP contribution in [0.4, 0.5) is 4.39 Å². The van der Waals surface area contributed by atoms with Crippen molar-refractivity contribution in [1.82, 2.24) is 19.6 Å². The Bertz CT molecular complexity index is 1020. The molecule has 1 aromatic carbocycles. The number of hydrogen-bond donors (Lipinski definition) is 1. The van der Waals surface area contributed by atoms with Gasteiger partial charge in [0.1, 0.15) is 10.4 Å². The number of hydrogen-bond acceptors (Lipinski definition) is 3. The van der Waals surface area contributed by atoms with Crippen LogP contribution in [-0.4, -0.2) is 24.7 Å². The van der Waals surface area contributed by atoms with Crippen molar-refractivity contribution >= 4 is 15.9 Å². The Morgan fingerprint density at radius 2 is 2.07 bits per heavy atom. The zero-order valence-electron chi connectivity index (χ0n) is 16.3. The summed E-state index contributed by atoms with van der Waals surface area (Å²) in [6.45, 7) is 4.62. The summed E-state index contributed by atoms with van der Waals surface area (Å²) in [5, 5.41) is 19.5. The molecule has 2 heterocycles. The summed E-state index contributed by atoms with van der Waals surface area (Å²) < 4.78 is 18.6. The summed E-state index contributed by atoms with van der Waals surface area (Å²) in [7, 11) is 1.87. The second kappa shape index (κ2) is 7.44. The molecule has 5 nitrogen and oxygen atoms in total. The van der Waals surface area contributed by atoms with Crippen molar-refractivity contribution in [2.45, 2.75) is 45.8 Å². The lowest BCUT2D eigenvalue weighted by atomic mass is 9.96. The molecule has 0 saturated heterocycles. The fraction of sp³-hybridized carbons (Fsp3) is 0.429. The maximum Gasteiger partial charge on any atom is 0.123 e. The van der Waals surface area contributed by atoms with Gasteiger partial charge < -0.3 is 5.11 Å². The Labute approximate surface area is 172 Å². The van der Waals surface area contributed by atoms with Crippen LogP contribution in [0.15, 0.2) is 29.0 Å². The quantitative estimate of drug-likeness (QED) is 0.604. The first-order valence-electron chi connectivity index (χ1n) is 9.55. The highest BCUT2D eigenvalue weighted by Crippen LogP contribution is 2.35. The average Bonchev–Trinajstić information content (AvgIpc) is 3.32. The molecular weight excluding hydrogens is 423 g/mol. The molecule has 28 heavy (non-hydrogen) atoms. The second-order valence-electron chi connectivity index (χ2n) is 7.74. The molecule has 0 bridgehead atoms. The summed E-state index contributed by atoms with van der Waals surface area (Å²) in [6.07, 6.45) is 4.42. The molecule has 2 aromatic heterocycles. The maximum absolute atomic E-state index is 13.7. The number of halogens is 2.